The quantitative estimate of drug-likeness (QED) is 0.594. The molecule has 0 saturated carbocycles. The normalized spacial score (nSPS) is 13.2. The van der Waals surface area contributed by atoms with Crippen LogP contribution in [0.3, 0.4) is 0 Å². The lowest BCUT2D eigenvalue weighted by atomic mass is 10.0. The fourth-order valence-corrected chi connectivity index (χ4v) is 3.65. The summed E-state index contributed by atoms with van der Waals surface area (Å²) in [6.45, 7) is 5.66. The average molecular weight is 315 g/mol. The summed E-state index contributed by atoms with van der Waals surface area (Å²) in [5.41, 5.74) is 0.0682. The molecule has 1 atom stereocenters. The minimum Gasteiger partial charge on any atom is -0.388 e. The molecule has 7 nitrogen and oxygen atoms in total. The Morgan fingerprint density at radius 3 is 2.38 bits per heavy atom. The molecule has 0 aliphatic heterocycles. The molecule has 2 N–H and O–H groups in total. The van der Waals surface area contributed by atoms with E-state index in [0.29, 0.717) is 12.1 Å². The van der Waals surface area contributed by atoms with Crippen LogP contribution in [0, 0.1) is 16.0 Å². The summed E-state index contributed by atoms with van der Waals surface area (Å²) in [7, 11) is -2.34. The van der Waals surface area contributed by atoms with Gasteiger partial charge in [0, 0.05) is 24.8 Å². The van der Waals surface area contributed by atoms with E-state index in [1.54, 1.807) is 7.05 Å². The van der Waals surface area contributed by atoms with Gasteiger partial charge in [-0.2, -0.15) is 0 Å². The lowest BCUT2D eigenvalue weighted by Crippen LogP contribution is -2.38. The first-order valence-electron chi connectivity index (χ1n) is 6.71. The van der Waals surface area contributed by atoms with Gasteiger partial charge in [0.1, 0.15) is 0 Å². The third-order valence-electron chi connectivity index (χ3n) is 3.29. The largest absolute Gasteiger partial charge is 0.388 e. The standard InChI is InChI=1S/C13H21N3O4S/c1-5-11(9(2)3)15-21(19,20)13-8-10(14-4)6-7-12(13)16(17)18/h6-9,11,14-15H,5H2,1-4H3. The van der Waals surface area contributed by atoms with E-state index in [2.05, 4.69) is 10.0 Å². The van der Waals surface area contributed by atoms with Crippen LogP contribution < -0.4 is 10.0 Å². The van der Waals surface area contributed by atoms with Crippen molar-refractivity contribution in [2.75, 3.05) is 12.4 Å². The Labute approximate surface area is 124 Å². The van der Waals surface area contributed by atoms with Gasteiger partial charge in [-0.25, -0.2) is 13.1 Å². The van der Waals surface area contributed by atoms with Crippen molar-refractivity contribution in [3.63, 3.8) is 0 Å². The van der Waals surface area contributed by atoms with Gasteiger partial charge in [-0.15, -0.1) is 0 Å². The lowest BCUT2D eigenvalue weighted by molar-refractivity contribution is -0.387. The van der Waals surface area contributed by atoms with Gasteiger partial charge in [0.2, 0.25) is 10.0 Å². The summed E-state index contributed by atoms with van der Waals surface area (Å²) >= 11 is 0. The molecule has 8 heteroatoms. The fraction of sp³-hybridized carbons (Fsp3) is 0.538. The Balaban J connectivity index is 3.32. The summed E-state index contributed by atoms with van der Waals surface area (Å²) in [4.78, 5) is 10.0. The van der Waals surface area contributed by atoms with Gasteiger partial charge in [0.05, 0.1) is 4.92 Å². The van der Waals surface area contributed by atoms with Gasteiger partial charge in [-0.1, -0.05) is 20.8 Å². The number of nitrogens with zero attached hydrogens (tertiary/aromatic N) is 1. The van der Waals surface area contributed by atoms with E-state index in [1.165, 1.54) is 18.2 Å². The molecule has 0 spiro atoms. The molecule has 1 rings (SSSR count). The second kappa shape index (κ2) is 6.86. The first-order chi connectivity index (χ1) is 9.72. The van der Waals surface area contributed by atoms with Crippen LogP contribution >= 0.6 is 0 Å². The molecule has 0 amide bonds. The molecule has 0 heterocycles. The molecule has 118 valence electrons. The Morgan fingerprint density at radius 1 is 1.33 bits per heavy atom. The Kier molecular flexibility index (Phi) is 5.68. The molecule has 0 radical (unpaired) electrons. The molecule has 1 aromatic rings. The zero-order chi connectivity index (χ0) is 16.2. The smallest absolute Gasteiger partial charge is 0.289 e. The van der Waals surface area contributed by atoms with Crippen LogP contribution in [-0.4, -0.2) is 26.4 Å². The number of hydrogen-bond donors (Lipinski definition) is 2. The monoisotopic (exact) mass is 315 g/mol. The van der Waals surface area contributed by atoms with Crippen molar-refractivity contribution in [1.29, 1.82) is 0 Å². The van der Waals surface area contributed by atoms with Crippen molar-refractivity contribution < 1.29 is 13.3 Å². The maximum absolute atomic E-state index is 12.5. The number of nitrogens with one attached hydrogen (secondary N) is 2. The first-order valence-corrected chi connectivity index (χ1v) is 8.19. The van der Waals surface area contributed by atoms with Crippen molar-refractivity contribution in [3.8, 4) is 0 Å². The number of nitro groups is 1. The molecule has 21 heavy (non-hydrogen) atoms. The summed E-state index contributed by atoms with van der Waals surface area (Å²) in [6.07, 6.45) is 0.608. The van der Waals surface area contributed by atoms with Crippen molar-refractivity contribution in [3.05, 3.63) is 28.3 Å². The Morgan fingerprint density at radius 2 is 1.95 bits per heavy atom. The topological polar surface area (TPSA) is 101 Å². The second-order valence-corrected chi connectivity index (χ2v) is 6.75. The van der Waals surface area contributed by atoms with Crippen molar-refractivity contribution in [2.24, 2.45) is 5.92 Å². The van der Waals surface area contributed by atoms with Crippen LogP contribution in [0.2, 0.25) is 0 Å². The number of anilines is 1. The maximum Gasteiger partial charge on any atom is 0.289 e. The molecule has 0 aromatic heterocycles. The van der Waals surface area contributed by atoms with Crippen LogP contribution in [0.25, 0.3) is 0 Å². The number of sulfonamides is 1. The first kappa shape index (κ1) is 17.4. The third-order valence-corrected chi connectivity index (χ3v) is 4.80. The Bertz CT molecular complexity index is 614. The van der Waals surface area contributed by atoms with Crippen LogP contribution in [0.5, 0.6) is 0 Å². The third kappa shape index (κ3) is 4.15. The van der Waals surface area contributed by atoms with E-state index in [9.17, 15) is 18.5 Å². The molecule has 0 aliphatic carbocycles. The highest BCUT2D eigenvalue weighted by Gasteiger charge is 2.28. The molecule has 1 aromatic carbocycles. The maximum atomic E-state index is 12.5. The second-order valence-electron chi connectivity index (χ2n) is 5.07. The van der Waals surface area contributed by atoms with Gasteiger partial charge in [-0.3, -0.25) is 10.1 Å². The SMILES string of the molecule is CCC(NS(=O)(=O)c1cc(NC)ccc1[N+](=O)[O-])C(C)C. The van der Waals surface area contributed by atoms with Crippen LogP contribution in [0.15, 0.2) is 23.1 Å². The van der Waals surface area contributed by atoms with Gasteiger partial charge in [0.15, 0.2) is 4.90 Å². The lowest BCUT2D eigenvalue weighted by Gasteiger charge is -2.20. The minimum absolute atomic E-state index is 0.0938. The van der Waals surface area contributed by atoms with Gasteiger partial charge in [0.25, 0.3) is 5.69 Å². The van der Waals surface area contributed by atoms with E-state index >= 15 is 0 Å². The number of nitro benzene ring substituents is 1. The van der Waals surface area contributed by atoms with Crippen molar-refractivity contribution in [1.82, 2.24) is 4.72 Å². The van der Waals surface area contributed by atoms with Crippen molar-refractivity contribution >= 4 is 21.4 Å². The molecule has 0 saturated heterocycles. The number of rotatable bonds is 7. The van der Waals surface area contributed by atoms with Gasteiger partial charge in [-0.05, 0) is 24.5 Å². The van der Waals surface area contributed by atoms with Crippen LogP contribution in [0.1, 0.15) is 27.2 Å². The van der Waals surface area contributed by atoms with Crippen LogP contribution in [-0.2, 0) is 10.0 Å². The minimum atomic E-state index is -3.96. The highest BCUT2D eigenvalue weighted by atomic mass is 32.2. The van der Waals surface area contributed by atoms with Crippen molar-refractivity contribution in [2.45, 2.75) is 38.1 Å². The van der Waals surface area contributed by atoms with Gasteiger partial charge >= 0.3 is 0 Å². The predicted octanol–water partition coefficient (Wildman–Crippen LogP) is 2.35. The molecule has 0 bridgehead atoms. The molecule has 0 fully saturated rings. The number of hydrogen-bond acceptors (Lipinski definition) is 5. The van der Waals surface area contributed by atoms with E-state index in [0.717, 1.165) is 0 Å². The molecule has 0 aliphatic rings. The summed E-state index contributed by atoms with van der Waals surface area (Å²) in [5, 5.41) is 13.8. The van der Waals surface area contributed by atoms with E-state index in [4.69, 9.17) is 0 Å². The molecular formula is C13H21N3O4S. The van der Waals surface area contributed by atoms with E-state index < -0.39 is 20.6 Å². The summed E-state index contributed by atoms with van der Waals surface area (Å²) < 4.78 is 27.5. The highest BCUT2D eigenvalue weighted by molar-refractivity contribution is 7.89. The average Bonchev–Trinajstić information content (AvgIpc) is 2.43. The van der Waals surface area contributed by atoms with Gasteiger partial charge < -0.3 is 5.32 Å². The number of benzene rings is 1. The van der Waals surface area contributed by atoms with E-state index in [-0.39, 0.29) is 16.9 Å². The zero-order valence-electron chi connectivity index (χ0n) is 12.6. The zero-order valence-corrected chi connectivity index (χ0v) is 13.4. The highest BCUT2D eigenvalue weighted by Crippen LogP contribution is 2.27. The van der Waals surface area contributed by atoms with Crippen LogP contribution in [0.4, 0.5) is 11.4 Å². The summed E-state index contributed by atoms with van der Waals surface area (Å²) in [5.74, 6) is 0.0938. The van der Waals surface area contributed by atoms with E-state index in [1.807, 2.05) is 20.8 Å². The molecule has 1 unspecified atom stereocenters. The fourth-order valence-electron chi connectivity index (χ4n) is 1.99. The summed E-state index contributed by atoms with van der Waals surface area (Å²) in [6, 6.07) is 3.66. The molecular weight excluding hydrogens is 294 g/mol. The predicted molar refractivity (Wildman–Crippen MR) is 81.9 cm³/mol. The Hall–Kier alpha value is -1.67.